The van der Waals surface area contributed by atoms with Gasteiger partial charge in [0.15, 0.2) is 0 Å². The second kappa shape index (κ2) is 7.83. The van der Waals surface area contributed by atoms with Gasteiger partial charge in [0.25, 0.3) is 0 Å². The van der Waals surface area contributed by atoms with Crippen molar-refractivity contribution < 1.29 is 4.79 Å². The Morgan fingerprint density at radius 2 is 2.08 bits per heavy atom. The number of nitrogens with one attached hydrogen (secondary N) is 1. The Balaban J connectivity index is 1.67. The summed E-state index contributed by atoms with van der Waals surface area (Å²) >= 11 is 9.17. The Bertz CT molecular complexity index is 863. The predicted octanol–water partition coefficient (Wildman–Crippen LogP) is 5.37. The second-order valence-electron chi connectivity index (χ2n) is 5.11. The van der Waals surface area contributed by atoms with E-state index in [2.05, 4.69) is 10.3 Å². The van der Waals surface area contributed by atoms with Crippen LogP contribution in [0.5, 0.6) is 0 Å². The van der Waals surface area contributed by atoms with Crippen molar-refractivity contribution in [1.29, 1.82) is 0 Å². The van der Waals surface area contributed by atoms with Crippen molar-refractivity contribution in [3.63, 3.8) is 0 Å². The van der Waals surface area contributed by atoms with Crippen LogP contribution in [-0.4, -0.2) is 17.1 Å². The molecule has 0 unspecified atom stereocenters. The Labute approximate surface area is 154 Å². The molecule has 0 radical (unpaired) electrons. The van der Waals surface area contributed by atoms with E-state index >= 15 is 0 Å². The third kappa shape index (κ3) is 4.38. The summed E-state index contributed by atoms with van der Waals surface area (Å²) in [4.78, 5) is 17.9. The van der Waals surface area contributed by atoms with E-state index in [-0.39, 0.29) is 12.3 Å². The van der Waals surface area contributed by atoms with Crippen LogP contribution in [0.25, 0.3) is 10.6 Å². The minimum Gasteiger partial charge on any atom is -0.326 e. The lowest BCUT2D eigenvalue weighted by Gasteiger charge is -2.05. The van der Waals surface area contributed by atoms with Crippen molar-refractivity contribution >= 4 is 46.3 Å². The van der Waals surface area contributed by atoms with Crippen LogP contribution in [0, 0.1) is 0 Å². The number of hydrogen-bond acceptors (Lipinski definition) is 4. The highest BCUT2D eigenvalue weighted by Crippen LogP contribution is 2.26. The van der Waals surface area contributed by atoms with Crippen molar-refractivity contribution in [3.8, 4) is 10.6 Å². The number of hydrogen-bond donors (Lipinski definition) is 1. The number of thioether (sulfide) groups is 1. The van der Waals surface area contributed by atoms with Gasteiger partial charge in [-0.05, 0) is 36.6 Å². The smallest absolute Gasteiger partial charge is 0.230 e. The molecule has 0 bridgehead atoms. The highest BCUT2D eigenvalue weighted by atomic mass is 35.5. The number of carbonyl (C=O) groups excluding carboxylic acids is 1. The zero-order chi connectivity index (χ0) is 16.9. The molecule has 1 N–H and O–H groups in total. The standard InChI is InChI=1S/C18H15ClN2OS2/c1-23-16-7-3-6-14(9-16)20-17(22)10-15-11-24-18(21-15)12-4-2-5-13(19)8-12/h2-9,11H,10H2,1H3,(H,20,22). The molecule has 1 amide bonds. The molecule has 0 spiro atoms. The zero-order valence-electron chi connectivity index (χ0n) is 13.0. The topological polar surface area (TPSA) is 42.0 Å². The summed E-state index contributed by atoms with van der Waals surface area (Å²) in [5.74, 6) is -0.0730. The molecule has 122 valence electrons. The van der Waals surface area contributed by atoms with E-state index < -0.39 is 0 Å². The highest BCUT2D eigenvalue weighted by molar-refractivity contribution is 7.98. The van der Waals surface area contributed by atoms with Crippen LogP contribution in [0.4, 0.5) is 5.69 Å². The molecular weight excluding hydrogens is 360 g/mol. The number of anilines is 1. The molecule has 0 saturated heterocycles. The number of carbonyl (C=O) groups is 1. The molecule has 1 aromatic heterocycles. The van der Waals surface area contributed by atoms with Crippen molar-refractivity contribution in [2.24, 2.45) is 0 Å². The molecule has 0 aliphatic heterocycles. The molecule has 24 heavy (non-hydrogen) atoms. The van der Waals surface area contributed by atoms with Crippen LogP contribution >= 0.6 is 34.7 Å². The van der Waals surface area contributed by atoms with E-state index in [1.807, 2.05) is 60.2 Å². The Morgan fingerprint density at radius 1 is 1.25 bits per heavy atom. The normalized spacial score (nSPS) is 10.6. The molecule has 3 rings (SSSR count). The largest absolute Gasteiger partial charge is 0.326 e. The maximum Gasteiger partial charge on any atom is 0.230 e. The number of halogens is 1. The number of nitrogens with zero attached hydrogens (tertiary/aromatic N) is 1. The van der Waals surface area contributed by atoms with Gasteiger partial charge in [0.2, 0.25) is 5.91 Å². The van der Waals surface area contributed by atoms with E-state index in [4.69, 9.17) is 11.6 Å². The van der Waals surface area contributed by atoms with Crippen LogP contribution in [-0.2, 0) is 11.2 Å². The first-order valence-corrected chi connectivity index (χ1v) is 9.76. The van der Waals surface area contributed by atoms with Gasteiger partial charge in [-0.3, -0.25) is 4.79 Å². The SMILES string of the molecule is CSc1cccc(NC(=O)Cc2csc(-c3cccc(Cl)c3)n2)c1. The number of rotatable bonds is 5. The van der Waals surface area contributed by atoms with E-state index in [1.165, 1.54) is 11.3 Å². The van der Waals surface area contributed by atoms with Crippen LogP contribution in [0.15, 0.2) is 58.8 Å². The first-order chi connectivity index (χ1) is 11.6. The van der Waals surface area contributed by atoms with Gasteiger partial charge in [-0.2, -0.15) is 0 Å². The third-order valence-electron chi connectivity index (χ3n) is 3.32. The molecule has 0 atom stereocenters. The molecule has 1 heterocycles. The summed E-state index contributed by atoms with van der Waals surface area (Å²) in [7, 11) is 0. The van der Waals surface area contributed by atoms with Crippen LogP contribution < -0.4 is 5.32 Å². The Hall–Kier alpha value is -1.82. The van der Waals surface area contributed by atoms with E-state index in [0.717, 1.165) is 26.8 Å². The quantitative estimate of drug-likeness (QED) is 0.610. The summed E-state index contributed by atoms with van der Waals surface area (Å²) in [6.45, 7) is 0. The molecule has 0 aliphatic carbocycles. The lowest BCUT2D eigenvalue weighted by molar-refractivity contribution is -0.115. The number of aromatic nitrogens is 1. The lowest BCUT2D eigenvalue weighted by atomic mass is 10.2. The first-order valence-electron chi connectivity index (χ1n) is 7.28. The van der Waals surface area contributed by atoms with Gasteiger partial charge in [-0.15, -0.1) is 23.1 Å². The van der Waals surface area contributed by atoms with Crippen molar-refractivity contribution in [1.82, 2.24) is 4.98 Å². The maximum atomic E-state index is 12.2. The van der Waals surface area contributed by atoms with Crippen LogP contribution in [0.3, 0.4) is 0 Å². The van der Waals surface area contributed by atoms with Crippen LogP contribution in [0.2, 0.25) is 5.02 Å². The molecule has 0 fully saturated rings. The van der Waals surface area contributed by atoms with E-state index in [0.29, 0.717) is 5.02 Å². The minimum absolute atomic E-state index is 0.0730. The average molecular weight is 375 g/mol. The average Bonchev–Trinajstić information content (AvgIpc) is 3.03. The fraction of sp³-hybridized carbons (Fsp3) is 0.111. The highest BCUT2D eigenvalue weighted by Gasteiger charge is 2.10. The summed E-state index contributed by atoms with van der Waals surface area (Å²) in [6.07, 6.45) is 2.26. The van der Waals surface area contributed by atoms with Gasteiger partial charge in [0.1, 0.15) is 5.01 Å². The van der Waals surface area contributed by atoms with Crippen molar-refractivity contribution in [2.75, 3.05) is 11.6 Å². The number of amides is 1. The summed E-state index contributed by atoms with van der Waals surface area (Å²) in [5, 5.41) is 6.37. The molecule has 6 heteroatoms. The molecule has 2 aromatic carbocycles. The molecular formula is C18H15ClN2OS2. The van der Waals surface area contributed by atoms with Gasteiger partial charge < -0.3 is 5.32 Å². The lowest BCUT2D eigenvalue weighted by Crippen LogP contribution is -2.14. The number of benzene rings is 2. The monoisotopic (exact) mass is 374 g/mol. The van der Waals surface area contributed by atoms with Crippen molar-refractivity contribution in [2.45, 2.75) is 11.3 Å². The summed E-state index contributed by atoms with van der Waals surface area (Å²) in [5.41, 5.74) is 2.53. The third-order valence-corrected chi connectivity index (χ3v) is 5.22. The Morgan fingerprint density at radius 3 is 2.88 bits per heavy atom. The molecule has 3 aromatic rings. The van der Waals surface area contributed by atoms with E-state index in [1.54, 1.807) is 11.8 Å². The van der Waals surface area contributed by atoms with Gasteiger partial charge in [-0.25, -0.2) is 4.98 Å². The van der Waals surface area contributed by atoms with Crippen molar-refractivity contribution in [3.05, 3.63) is 64.6 Å². The summed E-state index contributed by atoms with van der Waals surface area (Å²) in [6, 6.07) is 15.3. The van der Waals surface area contributed by atoms with E-state index in [9.17, 15) is 4.79 Å². The fourth-order valence-electron chi connectivity index (χ4n) is 2.21. The predicted molar refractivity (Wildman–Crippen MR) is 103 cm³/mol. The minimum atomic E-state index is -0.0730. The maximum absolute atomic E-state index is 12.2. The molecule has 3 nitrogen and oxygen atoms in total. The van der Waals surface area contributed by atoms with Crippen LogP contribution in [0.1, 0.15) is 5.69 Å². The van der Waals surface area contributed by atoms with Gasteiger partial charge in [-0.1, -0.05) is 29.8 Å². The zero-order valence-corrected chi connectivity index (χ0v) is 15.3. The number of thiazole rings is 1. The van der Waals surface area contributed by atoms with Gasteiger partial charge in [0, 0.05) is 26.5 Å². The summed E-state index contributed by atoms with van der Waals surface area (Å²) < 4.78 is 0. The van der Waals surface area contributed by atoms with Gasteiger partial charge >= 0.3 is 0 Å². The Kier molecular flexibility index (Phi) is 5.56. The first kappa shape index (κ1) is 17.0. The fourth-order valence-corrected chi connectivity index (χ4v) is 3.68. The van der Waals surface area contributed by atoms with Gasteiger partial charge in [0.05, 0.1) is 12.1 Å². The second-order valence-corrected chi connectivity index (χ2v) is 7.29. The molecule has 0 aliphatic rings. The molecule has 0 saturated carbocycles.